The fraction of sp³-hybridized carbons (Fsp3) is 1.00. The average Bonchev–Trinajstić information content (AvgIpc) is 3.07. The summed E-state index contributed by atoms with van der Waals surface area (Å²) in [6, 6.07) is 1.36. The fourth-order valence-corrected chi connectivity index (χ4v) is 2.46. The lowest BCUT2D eigenvalue weighted by molar-refractivity contribution is 0.171. The molecule has 0 aromatic carbocycles. The highest BCUT2D eigenvalue weighted by Crippen LogP contribution is 2.30. The van der Waals surface area contributed by atoms with E-state index in [1.54, 1.807) is 0 Å². The van der Waals surface area contributed by atoms with Crippen LogP contribution < -0.4 is 5.32 Å². The molecule has 0 spiro atoms. The molecule has 1 N–H and O–H groups in total. The smallest absolute Gasteiger partial charge is 0.0220 e. The van der Waals surface area contributed by atoms with Gasteiger partial charge in [-0.25, -0.2) is 0 Å². The fourth-order valence-electron chi connectivity index (χ4n) is 2.46. The molecule has 0 heterocycles. The second-order valence-electron chi connectivity index (χ2n) is 5.94. The summed E-state index contributed by atoms with van der Waals surface area (Å²) in [6.07, 6.45) is 6.86. The van der Waals surface area contributed by atoms with Gasteiger partial charge in [0.15, 0.2) is 0 Å². The number of rotatable bonds is 10. The Bertz CT molecular complexity index is 187. The van der Waals surface area contributed by atoms with E-state index in [0.29, 0.717) is 6.04 Å². The van der Waals surface area contributed by atoms with E-state index in [0.717, 1.165) is 18.5 Å². The standard InChI is InChI=1S/C15H32N2/c1-5-7-15(11-16-13(3)4)17(10-6-2)12-14-8-9-14/h13-16H,5-12H2,1-4H3. The van der Waals surface area contributed by atoms with E-state index in [1.807, 2.05) is 0 Å². The van der Waals surface area contributed by atoms with Gasteiger partial charge < -0.3 is 5.32 Å². The van der Waals surface area contributed by atoms with Crippen molar-refractivity contribution in [3.8, 4) is 0 Å². The van der Waals surface area contributed by atoms with Gasteiger partial charge in [-0.15, -0.1) is 0 Å². The third-order valence-electron chi connectivity index (χ3n) is 3.60. The maximum atomic E-state index is 3.62. The number of hydrogen-bond donors (Lipinski definition) is 1. The van der Waals surface area contributed by atoms with Gasteiger partial charge in [0.05, 0.1) is 0 Å². The maximum Gasteiger partial charge on any atom is 0.0220 e. The largest absolute Gasteiger partial charge is 0.313 e. The van der Waals surface area contributed by atoms with E-state index < -0.39 is 0 Å². The minimum Gasteiger partial charge on any atom is -0.313 e. The molecule has 1 unspecified atom stereocenters. The highest BCUT2D eigenvalue weighted by atomic mass is 15.2. The van der Waals surface area contributed by atoms with E-state index in [9.17, 15) is 0 Å². The Hall–Kier alpha value is -0.0800. The summed E-state index contributed by atoms with van der Waals surface area (Å²) >= 11 is 0. The zero-order valence-electron chi connectivity index (χ0n) is 12.3. The molecular weight excluding hydrogens is 208 g/mol. The lowest BCUT2D eigenvalue weighted by Gasteiger charge is -2.32. The van der Waals surface area contributed by atoms with Crippen molar-refractivity contribution in [3.05, 3.63) is 0 Å². The Morgan fingerprint density at radius 1 is 1.18 bits per heavy atom. The van der Waals surface area contributed by atoms with Crippen LogP contribution >= 0.6 is 0 Å². The minimum atomic E-state index is 0.610. The molecule has 0 aromatic heterocycles. The lowest BCUT2D eigenvalue weighted by atomic mass is 10.1. The molecule has 1 saturated carbocycles. The number of hydrogen-bond acceptors (Lipinski definition) is 2. The molecule has 102 valence electrons. The highest BCUT2D eigenvalue weighted by Gasteiger charge is 2.27. The van der Waals surface area contributed by atoms with Crippen LogP contribution in [-0.4, -0.2) is 36.6 Å². The van der Waals surface area contributed by atoms with Gasteiger partial charge in [-0.3, -0.25) is 4.90 Å². The van der Waals surface area contributed by atoms with E-state index in [-0.39, 0.29) is 0 Å². The molecular formula is C15H32N2. The monoisotopic (exact) mass is 240 g/mol. The Kier molecular flexibility index (Phi) is 7.14. The van der Waals surface area contributed by atoms with Crippen LogP contribution in [0, 0.1) is 5.92 Å². The van der Waals surface area contributed by atoms with Gasteiger partial charge in [0.25, 0.3) is 0 Å². The van der Waals surface area contributed by atoms with E-state index >= 15 is 0 Å². The van der Waals surface area contributed by atoms with Crippen molar-refractivity contribution in [2.75, 3.05) is 19.6 Å². The van der Waals surface area contributed by atoms with Crippen LogP contribution in [0.2, 0.25) is 0 Å². The third kappa shape index (κ3) is 6.42. The van der Waals surface area contributed by atoms with Crippen molar-refractivity contribution in [2.24, 2.45) is 5.92 Å². The molecule has 0 aliphatic heterocycles. The summed E-state index contributed by atoms with van der Waals surface area (Å²) < 4.78 is 0. The van der Waals surface area contributed by atoms with Gasteiger partial charge in [0, 0.05) is 25.2 Å². The van der Waals surface area contributed by atoms with E-state index in [1.165, 1.54) is 45.2 Å². The van der Waals surface area contributed by atoms with E-state index in [2.05, 4.69) is 37.9 Å². The van der Waals surface area contributed by atoms with Gasteiger partial charge >= 0.3 is 0 Å². The van der Waals surface area contributed by atoms with Gasteiger partial charge in [0.2, 0.25) is 0 Å². The topological polar surface area (TPSA) is 15.3 Å². The van der Waals surface area contributed by atoms with Crippen molar-refractivity contribution >= 4 is 0 Å². The zero-order valence-corrected chi connectivity index (χ0v) is 12.3. The molecule has 1 aliphatic carbocycles. The van der Waals surface area contributed by atoms with Gasteiger partial charge in [-0.2, -0.15) is 0 Å². The Morgan fingerprint density at radius 3 is 2.35 bits per heavy atom. The first-order valence-corrected chi connectivity index (χ1v) is 7.64. The van der Waals surface area contributed by atoms with Gasteiger partial charge in [-0.1, -0.05) is 34.1 Å². The van der Waals surface area contributed by atoms with Crippen molar-refractivity contribution in [1.82, 2.24) is 10.2 Å². The summed E-state index contributed by atoms with van der Waals surface area (Å²) in [5, 5.41) is 3.62. The highest BCUT2D eigenvalue weighted by molar-refractivity contribution is 4.82. The van der Waals surface area contributed by atoms with Crippen LogP contribution in [0.5, 0.6) is 0 Å². The summed E-state index contributed by atoms with van der Waals surface area (Å²) in [4.78, 5) is 2.75. The first kappa shape index (κ1) is 15.0. The number of nitrogens with one attached hydrogen (secondary N) is 1. The molecule has 1 atom stereocenters. The van der Waals surface area contributed by atoms with Crippen molar-refractivity contribution < 1.29 is 0 Å². The lowest BCUT2D eigenvalue weighted by Crippen LogP contribution is -2.45. The second kappa shape index (κ2) is 8.10. The van der Waals surface area contributed by atoms with Crippen LogP contribution in [0.15, 0.2) is 0 Å². The number of nitrogens with zero attached hydrogens (tertiary/aromatic N) is 1. The molecule has 0 aromatic rings. The molecule has 1 fully saturated rings. The second-order valence-corrected chi connectivity index (χ2v) is 5.94. The van der Waals surface area contributed by atoms with Crippen molar-refractivity contribution in [2.45, 2.75) is 71.9 Å². The van der Waals surface area contributed by atoms with Crippen molar-refractivity contribution in [3.63, 3.8) is 0 Å². The SMILES string of the molecule is CCCC(CNC(C)C)N(CCC)CC1CC1. The summed E-state index contributed by atoms with van der Waals surface area (Å²) in [7, 11) is 0. The predicted octanol–water partition coefficient (Wildman–Crippen LogP) is 3.28. The quantitative estimate of drug-likeness (QED) is 0.630. The molecule has 17 heavy (non-hydrogen) atoms. The summed E-state index contributed by atoms with van der Waals surface area (Å²) in [5.41, 5.74) is 0. The third-order valence-corrected chi connectivity index (χ3v) is 3.60. The zero-order chi connectivity index (χ0) is 12.7. The average molecular weight is 240 g/mol. The molecule has 2 heteroatoms. The Morgan fingerprint density at radius 2 is 1.88 bits per heavy atom. The summed E-state index contributed by atoms with van der Waals surface area (Å²) in [6.45, 7) is 12.9. The van der Waals surface area contributed by atoms with Crippen LogP contribution in [0.3, 0.4) is 0 Å². The molecule has 1 aliphatic rings. The van der Waals surface area contributed by atoms with Gasteiger partial charge in [-0.05, 0) is 38.1 Å². The molecule has 0 amide bonds. The Balaban J connectivity index is 2.42. The van der Waals surface area contributed by atoms with E-state index in [4.69, 9.17) is 0 Å². The van der Waals surface area contributed by atoms with Crippen LogP contribution in [0.4, 0.5) is 0 Å². The normalized spacial score (nSPS) is 18.0. The van der Waals surface area contributed by atoms with Gasteiger partial charge in [0.1, 0.15) is 0 Å². The van der Waals surface area contributed by atoms with Crippen molar-refractivity contribution in [1.29, 1.82) is 0 Å². The molecule has 0 saturated heterocycles. The Labute approximate surface area is 108 Å². The molecule has 0 radical (unpaired) electrons. The summed E-state index contributed by atoms with van der Waals surface area (Å²) in [5.74, 6) is 1.01. The molecule has 0 bridgehead atoms. The predicted molar refractivity (Wildman–Crippen MR) is 76.4 cm³/mol. The van der Waals surface area contributed by atoms with Crippen LogP contribution in [0.1, 0.15) is 59.8 Å². The first-order chi connectivity index (χ1) is 8.17. The first-order valence-electron chi connectivity index (χ1n) is 7.64. The maximum absolute atomic E-state index is 3.62. The van der Waals surface area contributed by atoms with Crippen LogP contribution in [0.25, 0.3) is 0 Å². The molecule has 1 rings (SSSR count). The molecule has 2 nitrogen and oxygen atoms in total. The minimum absolute atomic E-state index is 0.610. The van der Waals surface area contributed by atoms with Crippen LogP contribution in [-0.2, 0) is 0 Å².